The third-order valence-corrected chi connectivity index (χ3v) is 4.74. The average molecular weight is 302 g/mol. The maximum Gasteiger partial charge on any atom is 0.323 e. The zero-order valence-electron chi connectivity index (χ0n) is 11.9. The number of hydrogen-bond acceptors (Lipinski definition) is 6. The lowest BCUT2D eigenvalue weighted by molar-refractivity contribution is -0.144. The van der Waals surface area contributed by atoms with Crippen molar-refractivity contribution >= 4 is 29.1 Å². The van der Waals surface area contributed by atoms with Gasteiger partial charge < -0.3 is 10.5 Å². The van der Waals surface area contributed by atoms with Crippen LogP contribution in [0.25, 0.3) is 0 Å². The van der Waals surface area contributed by atoms with Crippen molar-refractivity contribution in [3.05, 3.63) is 16.1 Å². The van der Waals surface area contributed by atoms with Gasteiger partial charge in [0, 0.05) is 22.3 Å². The Morgan fingerprint density at radius 3 is 2.79 bits per heavy atom. The van der Waals surface area contributed by atoms with E-state index in [-0.39, 0.29) is 11.4 Å². The first kappa shape index (κ1) is 16.5. The molecule has 6 heteroatoms. The molecule has 2 N–H and O–H groups in total. The Balaban J connectivity index is 2.37. The highest BCUT2D eigenvalue weighted by molar-refractivity contribution is 7.98. The lowest BCUT2D eigenvalue weighted by Gasteiger charge is -2.13. The summed E-state index contributed by atoms with van der Waals surface area (Å²) in [6, 6.07) is -0.550. The summed E-state index contributed by atoms with van der Waals surface area (Å²) in [6.07, 6.45) is 0. The first-order valence-corrected chi connectivity index (χ1v) is 8.33. The van der Waals surface area contributed by atoms with Gasteiger partial charge >= 0.3 is 5.97 Å². The van der Waals surface area contributed by atoms with Gasteiger partial charge in [-0.3, -0.25) is 4.79 Å². The predicted octanol–water partition coefficient (Wildman–Crippen LogP) is 2.56. The van der Waals surface area contributed by atoms with Gasteiger partial charge in [0.2, 0.25) is 0 Å². The first-order chi connectivity index (χ1) is 8.84. The average Bonchev–Trinajstić information content (AvgIpc) is 2.77. The number of rotatable bonds is 6. The maximum absolute atomic E-state index is 11.3. The molecule has 0 saturated carbocycles. The van der Waals surface area contributed by atoms with Crippen molar-refractivity contribution in [3.63, 3.8) is 0 Å². The van der Waals surface area contributed by atoms with E-state index in [9.17, 15) is 4.79 Å². The molecule has 19 heavy (non-hydrogen) atoms. The number of thiazole rings is 1. The van der Waals surface area contributed by atoms with Crippen molar-refractivity contribution in [1.82, 2.24) is 4.98 Å². The summed E-state index contributed by atoms with van der Waals surface area (Å²) in [5.41, 5.74) is 6.87. The second-order valence-electron chi connectivity index (χ2n) is 5.27. The molecule has 1 heterocycles. The molecule has 0 aliphatic heterocycles. The highest BCUT2D eigenvalue weighted by Crippen LogP contribution is 2.26. The Kier molecular flexibility index (Phi) is 6.29. The number of ether oxygens (including phenoxy) is 1. The number of nitrogens with zero attached hydrogens (tertiary/aromatic N) is 1. The molecule has 108 valence electrons. The van der Waals surface area contributed by atoms with Gasteiger partial charge in [-0.1, -0.05) is 20.8 Å². The van der Waals surface area contributed by atoms with Crippen molar-refractivity contribution in [3.8, 4) is 0 Å². The highest BCUT2D eigenvalue weighted by Gasteiger charge is 2.18. The van der Waals surface area contributed by atoms with Crippen LogP contribution in [0.5, 0.6) is 0 Å². The third-order valence-electron chi connectivity index (χ3n) is 2.33. The van der Waals surface area contributed by atoms with Crippen molar-refractivity contribution in [2.45, 2.75) is 44.9 Å². The zero-order valence-corrected chi connectivity index (χ0v) is 13.6. The first-order valence-electron chi connectivity index (χ1n) is 6.29. The largest absolute Gasteiger partial charge is 0.465 e. The van der Waals surface area contributed by atoms with E-state index in [2.05, 4.69) is 31.1 Å². The summed E-state index contributed by atoms with van der Waals surface area (Å²) in [6.45, 7) is 8.61. The van der Waals surface area contributed by atoms with Gasteiger partial charge in [0.25, 0.3) is 0 Å². The summed E-state index contributed by atoms with van der Waals surface area (Å²) in [7, 11) is 0. The zero-order chi connectivity index (χ0) is 14.5. The molecule has 0 aliphatic rings. The van der Waals surface area contributed by atoms with Crippen LogP contribution in [-0.2, 0) is 20.7 Å². The third kappa shape index (κ3) is 5.50. The van der Waals surface area contributed by atoms with E-state index in [0.717, 1.165) is 16.5 Å². The van der Waals surface area contributed by atoms with E-state index < -0.39 is 6.04 Å². The van der Waals surface area contributed by atoms with Gasteiger partial charge in [-0.25, -0.2) is 4.98 Å². The second-order valence-corrected chi connectivity index (χ2v) is 7.16. The lowest BCUT2D eigenvalue weighted by Crippen LogP contribution is -2.34. The van der Waals surface area contributed by atoms with Crippen LogP contribution < -0.4 is 5.73 Å². The molecular weight excluding hydrogens is 280 g/mol. The van der Waals surface area contributed by atoms with Crippen molar-refractivity contribution < 1.29 is 9.53 Å². The number of aromatic nitrogens is 1. The minimum atomic E-state index is -0.550. The van der Waals surface area contributed by atoms with Gasteiger partial charge in [-0.2, -0.15) is 11.8 Å². The molecule has 0 amide bonds. The molecule has 1 rings (SSSR count). The van der Waals surface area contributed by atoms with Crippen LogP contribution in [0.15, 0.2) is 5.38 Å². The van der Waals surface area contributed by atoms with Crippen molar-refractivity contribution in [1.29, 1.82) is 0 Å². The van der Waals surface area contributed by atoms with Crippen LogP contribution >= 0.6 is 23.1 Å². The van der Waals surface area contributed by atoms with Crippen LogP contribution in [0.3, 0.4) is 0 Å². The molecule has 1 aromatic rings. The summed E-state index contributed by atoms with van der Waals surface area (Å²) in [4.78, 5) is 15.9. The Labute approximate surface area is 123 Å². The van der Waals surface area contributed by atoms with Gasteiger partial charge in [-0.15, -0.1) is 11.3 Å². The molecule has 0 bridgehead atoms. The number of carbonyl (C=O) groups is 1. The Morgan fingerprint density at radius 2 is 2.26 bits per heavy atom. The van der Waals surface area contributed by atoms with E-state index in [1.807, 2.05) is 0 Å². The fourth-order valence-corrected chi connectivity index (χ4v) is 3.20. The fourth-order valence-electron chi connectivity index (χ4n) is 1.33. The number of hydrogen-bond donors (Lipinski definition) is 1. The lowest BCUT2D eigenvalue weighted by atomic mass is 9.98. The Hall–Kier alpha value is -0.590. The number of esters is 1. The summed E-state index contributed by atoms with van der Waals surface area (Å²) < 4.78 is 4.86. The summed E-state index contributed by atoms with van der Waals surface area (Å²) in [5, 5.41) is 3.21. The Bertz CT molecular complexity index is 413. The van der Waals surface area contributed by atoms with E-state index in [0.29, 0.717) is 12.4 Å². The van der Waals surface area contributed by atoms with Gasteiger partial charge in [-0.05, 0) is 6.92 Å². The summed E-state index contributed by atoms with van der Waals surface area (Å²) in [5.74, 6) is 1.00. The predicted molar refractivity (Wildman–Crippen MR) is 81.6 cm³/mol. The maximum atomic E-state index is 11.3. The van der Waals surface area contributed by atoms with Crippen molar-refractivity contribution in [2.75, 3.05) is 12.4 Å². The normalized spacial score (nSPS) is 13.3. The van der Waals surface area contributed by atoms with Gasteiger partial charge in [0.1, 0.15) is 6.04 Å². The molecule has 0 aromatic carbocycles. The van der Waals surface area contributed by atoms with Crippen molar-refractivity contribution in [2.24, 2.45) is 5.73 Å². The van der Waals surface area contributed by atoms with E-state index in [4.69, 9.17) is 10.5 Å². The Morgan fingerprint density at radius 1 is 1.58 bits per heavy atom. The fraction of sp³-hybridized carbons (Fsp3) is 0.692. The van der Waals surface area contributed by atoms with E-state index >= 15 is 0 Å². The summed E-state index contributed by atoms with van der Waals surface area (Å²) >= 11 is 3.29. The monoisotopic (exact) mass is 302 g/mol. The minimum absolute atomic E-state index is 0.0922. The van der Waals surface area contributed by atoms with Crippen LogP contribution in [0, 0.1) is 0 Å². The molecule has 4 nitrogen and oxygen atoms in total. The molecule has 0 spiro atoms. The standard InChI is InChI=1S/C13H22N2O2S2/c1-5-17-11(16)10(14)8-18-6-9-7-19-12(15-9)13(2,3)4/h7,10H,5-6,8,14H2,1-4H3. The second kappa shape index (κ2) is 7.26. The molecule has 0 radical (unpaired) electrons. The molecule has 0 fully saturated rings. The molecular formula is C13H22N2O2S2. The molecule has 0 saturated heterocycles. The number of carbonyl (C=O) groups excluding carboxylic acids is 1. The quantitative estimate of drug-likeness (QED) is 0.818. The van der Waals surface area contributed by atoms with Crippen LogP contribution in [0.4, 0.5) is 0 Å². The van der Waals surface area contributed by atoms with E-state index in [1.165, 1.54) is 0 Å². The molecule has 1 unspecified atom stereocenters. The van der Waals surface area contributed by atoms with Gasteiger partial charge in [0.05, 0.1) is 17.3 Å². The molecule has 1 aromatic heterocycles. The van der Waals surface area contributed by atoms with Crippen LogP contribution in [0.1, 0.15) is 38.4 Å². The SMILES string of the molecule is CCOC(=O)C(N)CSCc1csc(C(C)(C)C)n1. The van der Waals surface area contributed by atoms with Gasteiger partial charge in [0.15, 0.2) is 0 Å². The molecule has 1 atom stereocenters. The van der Waals surface area contributed by atoms with Crippen LogP contribution in [-0.4, -0.2) is 29.4 Å². The highest BCUT2D eigenvalue weighted by atomic mass is 32.2. The van der Waals surface area contributed by atoms with Crippen LogP contribution in [0.2, 0.25) is 0 Å². The molecule has 0 aliphatic carbocycles. The topological polar surface area (TPSA) is 65.2 Å². The number of nitrogens with two attached hydrogens (primary N) is 1. The smallest absolute Gasteiger partial charge is 0.323 e. The number of thioether (sulfide) groups is 1. The van der Waals surface area contributed by atoms with E-state index in [1.54, 1.807) is 30.0 Å². The minimum Gasteiger partial charge on any atom is -0.465 e.